The molecule has 20 heavy (non-hydrogen) atoms. The molecule has 0 fully saturated rings. The van der Waals surface area contributed by atoms with Crippen molar-refractivity contribution in [1.82, 2.24) is 4.90 Å². The monoisotopic (exact) mass is 278 g/mol. The smallest absolute Gasteiger partial charge is 0.254 e. The second kappa shape index (κ2) is 7.25. The van der Waals surface area contributed by atoms with Crippen LogP contribution < -0.4 is 17.2 Å². The van der Waals surface area contributed by atoms with Crippen LogP contribution in [0.15, 0.2) is 24.3 Å². The van der Waals surface area contributed by atoms with Gasteiger partial charge < -0.3 is 22.1 Å². The van der Waals surface area contributed by atoms with Crippen LogP contribution in [0.2, 0.25) is 0 Å². The fourth-order valence-electron chi connectivity index (χ4n) is 1.78. The van der Waals surface area contributed by atoms with Crippen molar-refractivity contribution in [3.63, 3.8) is 0 Å². The van der Waals surface area contributed by atoms with E-state index in [1.165, 1.54) is 0 Å². The second-order valence-corrected chi connectivity index (χ2v) is 4.33. The van der Waals surface area contributed by atoms with E-state index in [9.17, 15) is 14.4 Å². The SMILES string of the molecule is NCCc1cccc(C(=O)N(CC(N)=O)CC(N)=O)c1. The van der Waals surface area contributed by atoms with Gasteiger partial charge in [0.2, 0.25) is 11.8 Å². The summed E-state index contributed by atoms with van der Waals surface area (Å²) in [5, 5.41) is 0. The summed E-state index contributed by atoms with van der Waals surface area (Å²) >= 11 is 0. The summed E-state index contributed by atoms with van der Waals surface area (Å²) in [5.74, 6) is -1.89. The van der Waals surface area contributed by atoms with Crippen molar-refractivity contribution in [3.8, 4) is 0 Å². The summed E-state index contributed by atoms with van der Waals surface area (Å²) in [5.41, 5.74) is 16.8. The molecule has 0 aliphatic heterocycles. The molecular formula is C13H18N4O3. The third-order valence-electron chi connectivity index (χ3n) is 2.59. The lowest BCUT2D eigenvalue weighted by atomic mass is 10.1. The maximum atomic E-state index is 12.3. The topological polar surface area (TPSA) is 133 Å². The molecule has 7 heteroatoms. The Morgan fingerprint density at radius 2 is 1.65 bits per heavy atom. The van der Waals surface area contributed by atoms with E-state index < -0.39 is 17.7 Å². The molecule has 0 saturated carbocycles. The van der Waals surface area contributed by atoms with Gasteiger partial charge in [0, 0.05) is 5.56 Å². The molecular weight excluding hydrogens is 260 g/mol. The highest BCUT2D eigenvalue weighted by atomic mass is 16.2. The number of hydrogen-bond acceptors (Lipinski definition) is 4. The first-order chi connectivity index (χ1) is 9.43. The van der Waals surface area contributed by atoms with Gasteiger partial charge in [0.1, 0.15) is 13.1 Å². The van der Waals surface area contributed by atoms with Gasteiger partial charge in [-0.2, -0.15) is 0 Å². The average molecular weight is 278 g/mol. The fourth-order valence-corrected chi connectivity index (χ4v) is 1.78. The van der Waals surface area contributed by atoms with Crippen molar-refractivity contribution in [2.45, 2.75) is 6.42 Å². The molecule has 1 aromatic rings. The van der Waals surface area contributed by atoms with Gasteiger partial charge in [-0.05, 0) is 30.7 Å². The number of primary amides is 2. The molecule has 0 unspecified atom stereocenters. The lowest BCUT2D eigenvalue weighted by molar-refractivity contribution is -0.121. The lowest BCUT2D eigenvalue weighted by Gasteiger charge is -2.19. The van der Waals surface area contributed by atoms with Crippen LogP contribution in [0.25, 0.3) is 0 Å². The lowest BCUT2D eigenvalue weighted by Crippen LogP contribution is -2.43. The highest BCUT2D eigenvalue weighted by Gasteiger charge is 2.19. The number of amides is 3. The van der Waals surface area contributed by atoms with Crippen LogP contribution in [0, 0.1) is 0 Å². The van der Waals surface area contributed by atoms with Crippen LogP contribution in [0.5, 0.6) is 0 Å². The number of hydrogen-bond donors (Lipinski definition) is 3. The van der Waals surface area contributed by atoms with Gasteiger partial charge in [-0.15, -0.1) is 0 Å². The van der Waals surface area contributed by atoms with Crippen LogP contribution in [-0.2, 0) is 16.0 Å². The Morgan fingerprint density at radius 1 is 1.05 bits per heavy atom. The molecule has 3 amide bonds. The van der Waals surface area contributed by atoms with Crippen molar-refractivity contribution in [2.75, 3.05) is 19.6 Å². The Balaban J connectivity index is 2.95. The first kappa shape index (κ1) is 15.6. The number of rotatable bonds is 7. The predicted octanol–water partition coefficient (Wildman–Crippen LogP) is -1.40. The molecule has 0 bridgehead atoms. The minimum absolute atomic E-state index is 0.358. The zero-order valence-electron chi connectivity index (χ0n) is 11.0. The molecule has 0 atom stereocenters. The first-order valence-electron chi connectivity index (χ1n) is 6.09. The van der Waals surface area contributed by atoms with Gasteiger partial charge in [-0.1, -0.05) is 12.1 Å². The zero-order chi connectivity index (χ0) is 15.1. The second-order valence-electron chi connectivity index (χ2n) is 4.33. The quantitative estimate of drug-likeness (QED) is 0.565. The van der Waals surface area contributed by atoms with E-state index in [0.29, 0.717) is 18.5 Å². The third kappa shape index (κ3) is 4.69. The molecule has 0 aliphatic carbocycles. The van der Waals surface area contributed by atoms with Crippen molar-refractivity contribution < 1.29 is 14.4 Å². The molecule has 0 saturated heterocycles. The van der Waals surface area contributed by atoms with E-state index in [-0.39, 0.29) is 13.1 Å². The molecule has 0 spiro atoms. The molecule has 0 radical (unpaired) electrons. The number of carbonyl (C=O) groups excluding carboxylic acids is 3. The van der Waals surface area contributed by atoms with Gasteiger partial charge >= 0.3 is 0 Å². The van der Waals surface area contributed by atoms with E-state index >= 15 is 0 Å². The van der Waals surface area contributed by atoms with Gasteiger partial charge in [0.05, 0.1) is 0 Å². The van der Waals surface area contributed by atoms with Gasteiger partial charge in [-0.25, -0.2) is 0 Å². The van der Waals surface area contributed by atoms with Crippen molar-refractivity contribution in [2.24, 2.45) is 17.2 Å². The summed E-state index contributed by atoms with van der Waals surface area (Å²) in [6.07, 6.45) is 0.632. The summed E-state index contributed by atoms with van der Waals surface area (Å²) in [6.45, 7) is -0.254. The number of nitrogens with zero attached hydrogens (tertiary/aromatic N) is 1. The highest BCUT2D eigenvalue weighted by molar-refractivity contribution is 5.98. The highest BCUT2D eigenvalue weighted by Crippen LogP contribution is 2.09. The van der Waals surface area contributed by atoms with E-state index in [2.05, 4.69) is 0 Å². The fraction of sp³-hybridized carbons (Fsp3) is 0.308. The summed E-state index contributed by atoms with van der Waals surface area (Å²) in [6, 6.07) is 6.82. The average Bonchev–Trinajstić information content (AvgIpc) is 2.37. The Hall–Kier alpha value is -2.41. The number of carbonyl (C=O) groups is 3. The maximum Gasteiger partial charge on any atom is 0.254 e. The van der Waals surface area contributed by atoms with Gasteiger partial charge in [0.15, 0.2) is 0 Å². The van der Waals surface area contributed by atoms with Crippen LogP contribution in [0.3, 0.4) is 0 Å². The zero-order valence-corrected chi connectivity index (χ0v) is 11.0. The Bertz CT molecular complexity index is 500. The molecule has 6 N–H and O–H groups in total. The minimum atomic E-state index is -0.710. The molecule has 0 aliphatic rings. The van der Waals surface area contributed by atoms with E-state index in [1.807, 2.05) is 6.07 Å². The molecule has 108 valence electrons. The molecule has 0 aromatic heterocycles. The molecule has 0 heterocycles. The summed E-state index contributed by atoms with van der Waals surface area (Å²) < 4.78 is 0. The number of nitrogens with two attached hydrogens (primary N) is 3. The van der Waals surface area contributed by atoms with Crippen molar-refractivity contribution in [3.05, 3.63) is 35.4 Å². The van der Waals surface area contributed by atoms with Crippen LogP contribution in [0.4, 0.5) is 0 Å². The van der Waals surface area contributed by atoms with Crippen molar-refractivity contribution >= 4 is 17.7 Å². The normalized spacial score (nSPS) is 10.1. The standard InChI is InChI=1S/C13H18N4O3/c14-5-4-9-2-1-3-10(6-9)13(20)17(7-11(15)18)8-12(16)19/h1-3,6H,4-5,7-8,14H2,(H2,15,18)(H2,16,19). The molecule has 7 nitrogen and oxygen atoms in total. The van der Waals surface area contributed by atoms with Crippen LogP contribution >= 0.6 is 0 Å². The molecule has 1 aromatic carbocycles. The Morgan fingerprint density at radius 3 is 2.15 bits per heavy atom. The van der Waals surface area contributed by atoms with E-state index in [1.54, 1.807) is 18.2 Å². The van der Waals surface area contributed by atoms with Crippen LogP contribution in [0.1, 0.15) is 15.9 Å². The van der Waals surface area contributed by atoms with E-state index in [4.69, 9.17) is 17.2 Å². The summed E-state index contributed by atoms with van der Waals surface area (Å²) in [4.78, 5) is 35.2. The summed E-state index contributed by atoms with van der Waals surface area (Å²) in [7, 11) is 0. The minimum Gasteiger partial charge on any atom is -0.368 e. The van der Waals surface area contributed by atoms with E-state index in [0.717, 1.165) is 10.5 Å². The number of benzene rings is 1. The van der Waals surface area contributed by atoms with Crippen molar-refractivity contribution in [1.29, 1.82) is 0 Å². The maximum absolute atomic E-state index is 12.3. The first-order valence-corrected chi connectivity index (χ1v) is 6.09. The van der Waals surface area contributed by atoms with Gasteiger partial charge in [-0.3, -0.25) is 14.4 Å². The molecule has 1 rings (SSSR count). The third-order valence-corrected chi connectivity index (χ3v) is 2.59. The Labute approximate surface area is 116 Å². The van der Waals surface area contributed by atoms with Gasteiger partial charge in [0.25, 0.3) is 5.91 Å². The Kier molecular flexibility index (Phi) is 5.67. The van der Waals surface area contributed by atoms with Crippen LogP contribution in [-0.4, -0.2) is 42.3 Å². The largest absolute Gasteiger partial charge is 0.368 e. The predicted molar refractivity (Wildman–Crippen MR) is 73.5 cm³/mol.